The van der Waals surface area contributed by atoms with E-state index in [1.54, 1.807) is 12.1 Å². The fraction of sp³-hybridized carbons (Fsp3) is 0.200. The average Bonchev–Trinajstić information content (AvgIpc) is 2.18. The molecule has 1 N–H and O–H groups in total. The Labute approximate surface area is 86.4 Å². The van der Waals surface area contributed by atoms with E-state index in [1.165, 1.54) is 11.8 Å². The predicted octanol–water partition coefficient (Wildman–Crippen LogP) is 2.13. The summed E-state index contributed by atoms with van der Waals surface area (Å²) in [4.78, 5) is 11.1. The van der Waals surface area contributed by atoms with E-state index in [9.17, 15) is 4.79 Å². The third-order valence-electron chi connectivity index (χ3n) is 1.58. The van der Waals surface area contributed by atoms with Gasteiger partial charge in [0.05, 0.1) is 12.0 Å². The van der Waals surface area contributed by atoms with E-state index in [0.717, 1.165) is 4.90 Å². The fourth-order valence-corrected chi connectivity index (χ4v) is 1.87. The maximum Gasteiger partial charge on any atom is 0.304 e. The molecule has 0 saturated carbocycles. The van der Waals surface area contributed by atoms with Crippen molar-refractivity contribution in [3.8, 4) is 6.07 Å². The zero-order valence-corrected chi connectivity index (χ0v) is 8.25. The molecule has 4 heteroatoms. The molecule has 1 aromatic rings. The van der Waals surface area contributed by atoms with Gasteiger partial charge >= 0.3 is 5.97 Å². The molecule has 3 nitrogen and oxygen atoms in total. The van der Waals surface area contributed by atoms with Crippen molar-refractivity contribution in [1.82, 2.24) is 0 Å². The quantitative estimate of drug-likeness (QED) is 0.768. The highest BCUT2D eigenvalue weighted by molar-refractivity contribution is 7.99. The molecule has 1 rings (SSSR count). The second-order valence-corrected chi connectivity index (χ2v) is 3.74. The summed E-state index contributed by atoms with van der Waals surface area (Å²) in [5.74, 6) is -0.319. The number of rotatable bonds is 4. The molecular weight excluding hydrogens is 198 g/mol. The van der Waals surface area contributed by atoms with Gasteiger partial charge in [0.25, 0.3) is 0 Å². The molecule has 0 heterocycles. The number of nitrogens with zero attached hydrogens (tertiary/aromatic N) is 1. The van der Waals surface area contributed by atoms with Gasteiger partial charge in [-0.15, -0.1) is 11.8 Å². The Kier molecular flexibility index (Phi) is 4.02. The second-order valence-electron chi connectivity index (χ2n) is 2.60. The van der Waals surface area contributed by atoms with Crippen LogP contribution in [-0.4, -0.2) is 16.8 Å². The van der Waals surface area contributed by atoms with Gasteiger partial charge in [0.2, 0.25) is 0 Å². The Morgan fingerprint density at radius 2 is 2.21 bits per heavy atom. The van der Waals surface area contributed by atoms with Crippen molar-refractivity contribution in [2.45, 2.75) is 11.3 Å². The normalized spacial score (nSPS) is 9.36. The number of benzene rings is 1. The molecule has 0 amide bonds. The summed E-state index contributed by atoms with van der Waals surface area (Å²) in [6.45, 7) is 0. The lowest BCUT2D eigenvalue weighted by Crippen LogP contribution is -1.96. The van der Waals surface area contributed by atoms with E-state index in [2.05, 4.69) is 6.07 Å². The van der Waals surface area contributed by atoms with Crippen LogP contribution in [0.25, 0.3) is 0 Å². The lowest BCUT2D eigenvalue weighted by atomic mass is 10.2. The number of nitriles is 1. The maximum absolute atomic E-state index is 10.3. The zero-order valence-electron chi connectivity index (χ0n) is 7.43. The van der Waals surface area contributed by atoms with Gasteiger partial charge in [-0.25, -0.2) is 0 Å². The smallest absolute Gasteiger partial charge is 0.304 e. The van der Waals surface area contributed by atoms with Gasteiger partial charge in [0.1, 0.15) is 6.07 Å². The summed E-state index contributed by atoms with van der Waals surface area (Å²) in [5.41, 5.74) is 0.600. The number of hydrogen-bond donors (Lipinski definition) is 1. The highest BCUT2D eigenvalue weighted by Gasteiger charge is 2.02. The highest BCUT2D eigenvalue weighted by Crippen LogP contribution is 2.22. The van der Waals surface area contributed by atoms with Gasteiger partial charge in [-0.3, -0.25) is 4.79 Å². The molecular formula is C10H9NO2S. The van der Waals surface area contributed by atoms with Crippen molar-refractivity contribution in [2.24, 2.45) is 0 Å². The summed E-state index contributed by atoms with van der Waals surface area (Å²) in [6, 6.07) is 9.24. The van der Waals surface area contributed by atoms with Gasteiger partial charge in [-0.2, -0.15) is 5.26 Å². The van der Waals surface area contributed by atoms with Crippen molar-refractivity contribution in [1.29, 1.82) is 5.26 Å². The molecule has 72 valence electrons. The zero-order chi connectivity index (χ0) is 10.4. The molecule has 14 heavy (non-hydrogen) atoms. The van der Waals surface area contributed by atoms with Gasteiger partial charge in [0.15, 0.2) is 0 Å². The largest absolute Gasteiger partial charge is 0.481 e. The summed E-state index contributed by atoms with van der Waals surface area (Å²) < 4.78 is 0. The molecule has 0 bridgehead atoms. The van der Waals surface area contributed by atoms with E-state index < -0.39 is 5.97 Å². The minimum Gasteiger partial charge on any atom is -0.481 e. The lowest BCUT2D eigenvalue weighted by molar-refractivity contribution is -0.136. The van der Waals surface area contributed by atoms with Crippen molar-refractivity contribution in [3.63, 3.8) is 0 Å². The van der Waals surface area contributed by atoms with Crippen molar-refractivity contribution in [2.75, 3.05) is 5.75 Å². The first-order chi connectivity index (χ1) is 6.74. The molecule has 0 radical (unpaired) electrons. The standard InChI is InChI=1S/C10H9NO2S/c11-7-8-3-1-2-4-9(8)14-6-5-10(12)13/h1-4H,5-6H2,(H,12,13). The minimum absolute atomic E-state index is 0.116. The second kappa shape index (κ2) is 5.30. The Hall–Kier alpha value is -1.47. The van der Waals surface area contributed by atoms with Crippen LogP contribution in [0.1, 0.15) is 12.0 Å². The van der Waals surface area contributed by atoms with Crippen molar-refractivity contribution in [3.05, 3.63) is 29.8 Å². The Morgan fingerprint density at radius 1 is 1.50 bits per heavy atom. The van der Waals surface area contributed by atoms with Crippen LogP contribution < -0.4 is 0 Å². The molecule has 0 aliphatic heterocycles. The Morgan fingerprint density at radius 3 is 2.86 bits per heavy atom. The summed E-state index contributed by atoms with van der Waals surface area (Å²) in [7, 11) is 0. The molecule has 1 aromatic carbocycles. The maximum atomic E-state index is 10.3. The molecule has 0 aliphatic carbocycles. The summed E-state index contributed by atoms with van der Waals surface area (Å²) in [5, 5.41) is 17.2. The van der Waals surface area contributed by atoms with E-state index >= 15 is 0 Å². The monoisotopic (exact) mass is 207 g/mol. The molecule has 0 spiro atoms. The Bertz CT molecular complexity index is 371. The predicted molar refractivity (Wildman–Crippen MR) is 54.1 cm³/mol. The van der Waals surface area contributed by atoms with Crippen LogP contribution in [-0.2, 0) is 4.79 Å². The first-order valence-electron chi connectivity index (χ1n) is 4.08. The topological polar surface area (TPSA) is 61.1 Å². The SMILES string of the molecule is N#Cc1ccccc1SCCC(=O)O. The average molecular weight is 207 g/mol. The third-order valence-corrected chi connectivity index (χ3v) is 2.66. The fourth-order valence-electron chi connectivity index (χ4n) is 0.933. The Balaban J connectivity index is 2.59. The number of carbonyl (C=O) groups is 1. The van der Waals surface area contributed by atoms with Crippen LogP contribution in [0.3, 0.4) is 0 Å². The van der Waals surface area contributed by atoms with Crippen LogP contribution in [0.4, 0.5) is 0 Å². The first-order valence-corrected chi connectivity index (χ1v) is 5.06. The third kappa shape index (κ3) is 3.11. The molecule has 0 atom stereocenters. The molecule has 0 aromatic heterocycles. The number of aliphatic carboxylic acids is 1. The van der Waals surface area contributed by atoms with Crippen LogP contribution in [0.5, 0.6) is 0 Å². The van der Waals surface area contributed by atoms with Crippen molar-refractivity contribution < 1.29 is 9.90 Å². The van der Waals surface area contributed by atoms with Gasteiger partial charge < -0.3 is 5.11 Å². The van der Waals surface area contributed by atoms with Gasteiger partial charge in [-0.05, 0) is 12.1 Å². The van der Waals surface area contributed by atoms with Gasteiger partial charge in [0, 0.05) is 10.6 Å². The number of carboxylic acid groups (broad SMARTS) is 1. The lowest BCUT2D eigenvalue weighted by Gasteiger charge is -2.00. The summed E-state index contributed by atoms with van der Waals surface area (Å²) >= 11 is 1.40. The first kappa shape index (κ1) is 10.6. The molecule has 0 saturated heterocycles. The van der Waals surface area contributed by atoms with E-state index in [1.807, 2.05) is 12.1 Å². The molecule has 0 fully saturated rings. The summed E-state index contributed by atoms with van der Waals surface area (Å²) in [6.07, 6.45) is 0.116. The van der Waals surface area contributed by atoms with E-state index in [-0.39, 0.29) is 6.42 Å². The van der Waals surface area contributed by atoms with Crippen LogP contribution in [0.15, 0.2) is 29.2 Å². The van der Waals surface area contributed by atoms with Gasteiger partial charge in [-0.1, -0.05) is 12.1 Å². The number of carboxylic acids is 1. The van der Waals surface area contributed by atoms with Crippen LogP contribution in [0, 0.1) is 11.3 Å². The number of hydrogen-bond acceptors (Lipinski definition) is 3. The van der Waals surface area contributed by atoms with E-state index in [0.29, 0.717) is 11.3 Å². The van der Waals surface area contributed by atoms with E-state index in [4.69, 9.17) is 10.4 Å². The molecule has 0 unspecified atom stereocenters. The molecule has 0 aliphatic rings. The highest BCUT2D eigenvalue weighted by atomic mass is 32.2. The van der Waals surface area contributed by atoms with Crippen LogP contribution >= 0.6 is 11.8 Å². The number of thioether (sulfide) groups is 1. The minimum atomic E-state index is -0.813. The van der Waals surface area contributed by atoms with Crippen molar-refractivity contribution >= 4 is 17.7 Å². The van der Waals surface area contributed by atoms with Crippen LogP contribution in [0.2, 0.25) is 0 Å².